The molecule has 0 saturated heterocycles. The Hall–Kier alpha value is -0.0400. The summed E-state index contributed by atoms with van der Waals surface area (Å²) in [5.41, 5.74) is 0.472. The van der Waals surface area contributed by atoms with Crippen molar-refractivity contribution in [1.82, 2.24) is 5.32 Å². The summed E-state index contributed by atoms with van der Waals surface area (Å²) in [6, 6.07) is 1.59. The van der Waals surface area contributed by atoms with E-state index in [0.717, 1.165) is 23.9 Å². The maximum atomic E-state index is 4.02. The SMILES string of the molecule is CC1CCCC1NC1CCCCC1C(C)(C)C. The van der Waals surface area contributed by atoms with Crippen LogP contribution < -0.4 is 5.32 Å². The van der Waals surface area contributed by atoms with Gasteiger partial charge in [0.15, 0.2) is 0 Å². The first kappa shape index (κ1) is 13.4. The van der Waals surface area contributed by atoms with E-state index in [1.165, 1.54) is 44.9 Å². The highest BCUT2D eigenvalue weighted by Gasteiger charge is 2.36. The summed E-state index contributed by atoms with van der Waals surface area (Å²) in [4.78, 5) is 0. The zero-order valence-electron chi connectivity index (χ0n) is 12.3. The molecule has 2 saturated carbocycles. The van der Waals surface area contributed by atoms with Gasteiger partial charge in [0.1, 0.15) is 0 Å². The van der Waals surface area contributed by atoms with E-state index in [1.807, 2.05) is 0 Å². The molecule has 1 nitrogen and oxygen atoms in total. The molecule has 0 aromatic rings. The second kappa shape index (κ2) is 5.30. The van der Waals surface area contributed by atoms with E-state index in [9.17, 15) is 0 Å². The summed E-state index contributed by atoms with van der Waals surface area (Å²) in [6.45, 7) is 9.71. The average Bonchev–Trinajstić information content (AvgIpc) is 2.64. The van der Waals surface area contributed by atoms with E-state index in [1.54, 1.807) is 0 Å². The van der Waals surface area contributed by atoms with Gasteiger partial charge in [0.05, 0.1) is 0 Å². The van der Waals surface area contributed by atoms with Gasteiger partial charge in [-0.1, -0.05) is 47.0 Å². The lowest BCUT2D eigenvalue weighted by atomic mass is 9.69. The molecule has 4 unspecified atom stereocenters. The zero-order chi connectivity index (χ0) is 12.5. The third-order valence-electron chi connectivity index (χ3n) is 5.17. The lowest BCUT2D eigenvalue weighted by Gasteiger charge is -2.42. The van der Waals surface area contributed by atoms with Gasteiger partial charge in [-0.15, -0.1) is 0 Å². The van der Waals surface area contributed by atoms with Crippen molar-refractivity contribution in [2.45, 2.75) is 84.7 Å². The molecule has 0 aliphatic heterocycles. The van der Waals surface area contributed by atoms with Gasteiger partial charge in [0.25, 0.3) is 0 Å². The second-order valence-electron chi connectivity index (χ2n) is 7.54. The van der Waals surface area contributed by atoms with E-state index < -0.39 is 0 Å². The highest BCUT2D eigenvalue weighted by atomic mass is 15.0. The molecule has 0 heterocycles. The van der Waals surface area contributed by atoms with Crippen molar-refractivity contribution in [3.63, 3.8) is 0 Å². The van der Waals surface area contributed by atoms with Crippen LogP contribution in [0.5, 0.6) is 0 Å². The van der Waals surface area contributed by atoms with Crippen LogP contribution in [0.4, 0.5) is 0 Å². The van der Waals surface area contributed by atoms with Crippen molar-refractivity contribution < 1.29 is 0 Å². The second-order valence-corrected chi connectivity index (χ2v) is 7.54. The van der Waals surface area contributed by atoms with Crippen molar-refractivity contribution in [3.05, 3.63) is 0 Å². The molecule has 100 valence electrons. The summed E-state index contributed by atoms with van der Waals surface area (Å²) in [6.07, 6.45) is 10.0. The summed E-state index contributed by atoms with van der Waals surface area (Å²) in [5.74, 6) is 1.78. The molecule has 4 atom stereocenters. The van der Waals surface area contributed by atoms with Crippen LogP contribution >= 0.6 is 0 Å². The van der Waals surface area contributed by atoms with Crippen molar-refractivity contribution >= 4 is 0 Å². The standard InChI is InChI=1S/C16H31N/c1-12-8-7-11-14(12)17-15-10-6-5-9-13(15)16(2,3)4/h12-15,17H,5-11H2,1-4H3. The largest absolute Gasteiger partial charge is 0.311 e. The smallest absolute Gasteiger partial charge is 0.0103 e. The van der Waals surface area contributed by atoms with Crippen LogP contribution in [0.15, 0.2) is 0 Å². The third-order valence-corrected chi connectivity index (χ3v) is 5.17. The fourth-order valence-electron chi connectivity index (χ4n) is 4.03. The monoisotopic (exact) mass is 237 g/mol. The molecule has 1 heteroatoms. The van der Waals surface area contributed by atoms with E-state index in [4.69, 9.17) is 0 Å². The molecule has 17 heavy (non-hydrogen) atoms. The van der Waals surface area contributed by atoms with Crippen molar-refractivity contribution in [2.75, 3.05) is 0 Å². The predicted molar refractivity (Wildman–Crippen MR) is 75.1 cm³/mol. The predicted octanol–water partition coefficient (Wildman–Crippen LogP) is 4.37. The molecule has 0 radical (unpaired) electrons. The van der Waals surface area contributed by atoms with Gasteiger partial charge in [-0.25, -0.2) is 0 Å². The number of rotatable bonds is 2. The molecule has 2 aliphatic carbocycles. The Kier molecular flexibility index (Phi) is 4.18. The van der Waals surface area contributed by atoms with Gasteiger partial charge >= 0.3 is 0 Å². The Bertz CT molecular complexity index is 240. The minimum Gasteiger partial charge on any atom is -0.311 e. The van der Waals surface area contributed by atoms with Crippen molar-refractivity contribution in [2.24, 2.45) is 17.3 Å². The lowest BCUT2D eigenvalue weighted by Crippen LogP contribution is -2.49. The van der Waals surface area contributed by atoms with E-state index in [0.29, 0.717) is 5.41 Å². The summed E-state index contributed by atoms with van der Waals surface area (Å²) < 4.78 is 0. The molecular formula is C16H31N. The highest BCUT2D eigenvalue weighted by molar-refractivity contribution is 4.92. The first-order valence-corrected chi connectivity index (χ1v) is 7.74. The van der Waals surface area contributed by atoms with Gasteiger partial charge in [0.2, 0.25) is 0 Å². The maximum Gasteiger partial charge on any atom is 0.0103 e. The lowest BCUT2D eigenvalue weighted by molar-refractivity contribution is 0.119. The van der Waals surface area contributed by atoms with Crippen molar-refractivity contribution in [1.29, 1.82) is 0 Å². The Morgan fingerprint density at radius 1 is 0.824 bits per heavy atom. The van der Waals surface area contributed by atoms with Crippen LogP contribution in [0.25, 0.3) is 0 Å². The van der Waals surface area contributed by atoms with Crippen LogP contribution in [-0.2, 0) is 0 Å². The van der Waals surface area contributed by atoms with E-state index in [-0.39, 0.29) is 0 Å². The van der Waals surface area contributed by atoms with Crippen LogP contribution in [0.3, 0.4) is 0 Å². The molecule has 0 aromatic heterocycles. The molecule has 0 amide bonds. The normalized spacial score (nSPS) is 39.5. The zero-order valence-corrected chi connectivity index (χ0v) is 12.3. The fourth-order valence-corrected chi connectivity index (χ4v) is 4.03. The number of hydrogen-bond donors (Lipinski definition) is 1. The van der Waals surface area contributed by atoms with Gasteiger partial charge in [0, 0.05) is 12.1 Å². The topological polar surface area (TPSA) is 12.0 Å². The number of hydrogen-bond acceptors (Lipinski definition) is 1. The quantitative estimate of drug-likeness (QED) is 0.752. The van der Waals surface area contributed by atoms with Crippen LogP contribution in [-0.4, -0.2) is 12.1 Å². The number of nitrogens with one attached hydrogen (secondary N) is 1. The Balaban J connectivity index is 1.96. The van der Waals surface area contributed by atoms with E-state index in [2.05, 4.69) is 33.0 Å². The molecule has 0 aromatic carbocycles. The first-order chi connectivity index (χ1) is 7.98. The molecule has 2 rings (SSSR count). The van der Waals surface area contributed by atoms with Gasteiger partial charge in [-0.2, -0.15) is 0 Å². The molecule has 2 fully saturated rings. The highest BCUT2D eigenvalue weighted by Crippen LogP contribution is 2.39. The minimum absolute atomic E-state index is 0.472. The molecule has 1 N–H and O–H groups in total. The van der Waals surface area contributed by atoms with E-state index >= 15 is 0 Å². The van der Waals surface area contributed by atoms with Gasteiger partial charge in [-0.05, 0) is 42.9 Å². The van der Waals surface area contributed by atoms with Gasteiger partial charge < -0.3 is 5.32 Å². The maximum absolute atomic E-state index is 4.02. The van der Waals surface area contributed by atoms with Crippen LogP contribution in [0.1, 0.15) is 72.6 Å². The summed E-state index contributed by atoms with van der Waals surface area (Å²) in [7, 11) is 0. The van der Waals surface area contributed by atoms with Crippen LogP contribution in [0.2, 0.25) is 0 Å². The third kappa shape index (κ3) is 3.24. The molecule has 2 aliphatic rings. The fraction of sp³-hybridized carbons (Fsp3) is 1.00. The van der Waals surface area contributed by atoms with Crippen LogP contribution in [0, 0.1) is 17.3 Å². The minimum atomic E-state index is 0.472. The van der Waals surface area contributed by atoms with Crippen molar-refractivity contribution in [3.8, 4) is 0 Å². The Labute approximate surface area is 108 Å². The average molecular weight is 237 g/mol. The Morgan fingerprint density at radius 2 is 1.47 bits per heavy atom. The first-order valence-electron chi connectivity index (χ1n) is 7.74. The summed E-state index contributed by atoms with van der Waals surface area (Å²) >= 11 is 0. The molecule has 0 bridgehead atoms. The van der Waals surface area contributed by atoms with Gasteiger partial charge in [-0.3, -0.25) is 0 Å². The summed E-state index contributed by atoms with van der Waals surface area (Å²) in [5, 5.41) is 4.02. The molecule has 0 spiro atoms. The molecular weight excluding hydrogens is 206 g/mol. The Morgan fingerprint density at radius 3 is 2.06 bits per heavy atom.